The van der Waals surface area contributed by atoms with Crippen molar-refractivity contribution >= 4 is 70.1 Å². The number of rotatable bonds is 5. The zero-order valence-corrected chi connectivity index (χ0v) is 20.0. The maximum atomic E-state index is 12.8. The van der Waals surface area contributed by atoms with E-state index < -0.39 is 11.8 Å². The summed E-state index contributed by atoms with van der Waals surface area (Å²) in [4.78, 5) is 38.3. The van der Waals surface area contributed by atoms with Gasteiger partial charge in [-0.05, 0) is 36.4 Å². The highest BCUT2D eigenvalue weighted by Gasteiger charge is 2.17. The molecular formula is C23H13Cl4N5O2. The molecule has 2 amide bonds. The third-order valence-electron chi connectivity index (χ3n) is 4.47. The Bertz CT molecular complexity index is 1320. The van der Waals surface area contributed by atoms with Gasteiger partial charge in [-0.3, -0.25) is 20.2 Å². The van der Waals surface area contributed by atoms with Gasteiger partial charge < -0.3 is 0 Å². The molecule has 0 unspecified atom stereocenters. The lowest BCUT2D eigenvalue weighted by Gasteiger charge is -2.11. The quantitative estimate of drug-likeness (QED) is 0.299. The van der Waals surface area contributed by atoms with Crippen molar-refractivity contribution in [1.29, 1.82) is 0 Å². The van der Waals surface area contributed by atoms with E-state index in [0.717, 1.165) is 0 Å². The van der Waals surface area contributed by atoms with Crippen molar-refractivity contribution in [1.82, 2.24) is 15.0 Å². The molecule has 0 fully saturated rings. The van der Waals surface area contributed by atoms with Gasteiger partial charge in [0.05, 0.1) is 21.2 Å². The number of anilines is 2. The Kier molecular flexibility index (Phi) is 7.29. The van der Waals surface area contributed by atoms with Gasteiger partial charge in [-0.2, -0.15) is 15.0 Å². The van der Waals surface area contributed by atoms with Crippen LogP contribution in [0.3, 0.4) is 0 Å². The molecule has 11 heteroatoms. The number of halogens is 4. The van der Waals surface area contributed by atoms with Crippen LogP contribution in [0.1, 0.15) is 20.7 Å². The van der Waals surface area contributed by atoms with E-state index in [9.17, 15) is 9.59 Å². The Morgan fingerprint density at radius 1 is 0.618 bits per heavy atom. The molecule has 1 aromatic heterocycles. The number of nitrogens with zero attached hydrogens (tertiary/aromatic N) is 3. The number of carbonyl (C=O) groups is 2. The Balaban J connectivity index is 1.68. The molecule has 0 saturated carbocycles. The molecule has 7 nitrogen and oxygen atoms in total. The molecule has 170 valence electrons. The molecule has 4 aromatic rings. The van der Waals surface area contributed by atoms with E-state index in [1.807, 2.05) is 6.07 Å². The fourth-order valence-electron chi connectivity index (χ4n) is 2.89. The van der Waals surface area contributed by atoms with E-state index in [1.54, 1.807) is 24.3 Å². The number of amides is 2. The molecule has 0 spiro atoms. The van der Waals surface area contributed by atoms with Crippen LogP contribution < -0.4 is 10.6 Å². The smallest absolute Gasteiger partial charge is 0.259 e. The molecule has 4 rings (SSSR count). The van der Waals surface area contributed by atoms with E-state index >= 15 is 0 Å². The van der Waals surface area contributed by atoms with Crippen molar-refractivity contribution < 1.29 is 9.59 Å². The van der Waals surface area contributed by atoms with Gasteiger partial charge in [-0.15, -0.1) is 0 Å². The lowest BCUT2D eigenvalue weighted by molar-refractivity contribution is 0.101. The van der Waals surface area contributed by atoms with Crippen molar-refractivity contribution in [3.05, 3.63) is 97.9 Å². The van der Waals surface area contributed by atoms with Gasteiger partial charge in [0, 0.05) is 15.6 Å². The molecule has 1 heterocycles. The van der Waals surface area contributed by atoms with Gasteiger partial charge >= 0.3 is 0 Å². The van der Waals surface area contributed by atoms with Crippen LogP contribution in [0.5, 0.6) is 0 Å². The van der Waals surface area contributed by atoms with Crippen molar-refractivity contribution in [3.8, 4) is 11.4 Å². The number of carbonyl (C=O) groups excluding carboxylic acids is 2. The molecule has 3 aromatic carbocycles. The molecule has 0 bridgehead atoms. The first-order chi connectivity index (χ1) is 16.3. The first kappa shape index (κ1) is 23.9. The van der Waals surface area contributed by atoms with Gasteiger partial charge in [0.2, 0.25) is 11.9 Å². The van der Waals surface area contributed by atoms with Crippen LogP contribution >= 0.6 is 46.4 Å². The zero-order valence-electron chi connectivity index (χ0n) is 17.0. The average Bonchev–Trinajstić information content (AvgIpc) is 2.79. The Morgan fingerprint density at radius 3 is 1.53 bits per heavy atom. The van der Waals surface area contributed by atoms with Crippen LogP contribution in [0.15, 0.2) is 66.7 Å². The summed E-state index contributed by atoms with van der Waals surface area (Å²) in [6.45, 7) is 0. The number of aromatic nitrogens is 3. The zero-order chi connectivity index (χ0) is 24.2. The minimum Gasteiger partial charge on any atom is -0.290 e. The predicted molar refractivity (Wildman–Crippen MR) is 134 cm³/mol. The summed E-state index contributed by atoms with van der Waals surface area (Å²) in [5, 5.41) is 6.25. The van der Waals surface area contributed by atoms with Crippen molar-refractivity contribution in [2.24, 2.45) is 0 Å². The minimum absolute atomic E-state index is 0.0950. The van der Waals surface area contributed by atoms with Crippen molar-refractivity contribution in [2.45, 2.75) is 0 Å². The topological polar surface area (TPSA) is 96.9 Å². The number of nitrogens with one attached hydrogen (secondary N) is 2. The first-order valence-electron chi connectivity index (χ1n) is 9.64. The standard InChI is InChI=1S/C23H13Cl4N5O2/c24-13-6-8-15(17(26)10-13)20(33)30-22-28-19(12-4-2-1-3-5-12)29-23(32-22)31-21(34)16-9-7-14(25)11-18(16)27/h1-11H,(H2,28,29,30,31,32,33,34). The fraction of sp³-hybridized carbons (Fsp3) is 0. The highest BCUT2D eigenvalue weighted by Crippen LogP contribution is 2.24. The summed E-state index contributed by atoms with van der Waals surface area (Å²) < 4.78 is 0. The maximum absolute atomic E-state index is 12.8. The number of hydrogen-bond acceptors (Lipinski definition) is 5. The normalized spacial score (nSPS) is 10.6. The van der Waals surface area contributed by atoms with Gasteiger partial charge in [-0.1, -0.05) is 76.7 Å². The van der Waals surface area contributed by atoms with E-state index in [4.69, 9.17) is 46.4 Å². The summed E-state index contributed by atoms with van der Waals surface area (Å²) in [6, 6.07) is 17.9. The van der Waals surface area contributed by atoms with Crippen LogP contribution in [-0.2, 0) is 0 Å². The van der Waals surface area contributed by atoms with E-state index in [0.29, 0.717) is 15.6 Å². The fourth-order valence-corrected chi connectivity index (χ4v) is 3.88. The van der Waals surface area contributed by atoms with E-state index in [2.05, 4.69) is 25.6 Å². The highest BCUT2D eigenvalue weighted by molar-refractivity contribution is 6.37. The second-order valence-corrected chi connectivity index (χ2v) is 8.52. The summed E-state index contributed by atoms with van der Waals surface area (Å²) >= 11 is 24.1. The Labute approximate surface area is 214 Å². The number of hydrogen-bond donors (Lipinski definition) is 2. The van der Waals surface area contributed by atoms with Crippen LogP contribution in [0.4, 0.5) is 11.9 Å². The molecule has 2 N–H and O–H groups in total. The molecule has 0 aliphatic heterocycles. The van der Waals surface area contributed by atoms with Crippen LogP contribution in [0.25, 0.3) is 11.4 Å². The maximum Gasteiger partial charge on any atom is 0.259 e. The number of benzene rings is 3. The highest BCUT2D eigenvalue weighted by atomic mass is 35.5. The third-order valence-corrected chi connectivity index (χ3v) is 5.57. The second kappa shape index (κ2) is 10.4. The molecular weight excluding hydrogens is 520 g/mol. The Hall–Kier alpha value is -3.23. The summed E-state index contributed by atoms with van der Waals surface area (Å²) in [5.74, 6) is -1.09. The summed E-state index contributed by atoms with van der Waals surface area (Å²) in [6.07, 6.45) is 0. The molecule has 0 atom stereocenters. The monoisotopic (exact) mass is 531 g/mol. The van der Waals surface area contributed by atoms with Gasteiger partial charge in [0.25, 0.3) is 11.8 Å². The minimum atomic E-state index is -0.565. The summed E-state index contributed by atoms with van der Waals surface area (Å²) in [5.41, 5.74) is 0.988. The van der Waals surface area contributed by atoms with Crippen LogP contribution in [0.2, 0.25) is 20.1 Å². The molecule has 0 aliphatic rings. The van der Waals surface area contributed by atoms with Crippen molar-refractivity contribution in [3.63, 3.8) is 0 Å². The third kappa shape index (κ3) is 5.63. The average molecular weight is 533 g/mol. The largest absolute Gasteiger partial charge is 0.290 e. The lowest BCUT2D eigenvalue weighted by atomic mass is 10.2. The van der Waals surface area contributed by atoms with Gasteiger partial charge in [0.1, 0.15) is 0 Å². The second-order valence-electron chi connectivity index (χ2n) is 6.83. The van der Waals surface area contributed by atoms with Crippen LogP contribution in [-0.4, -0.2) is 26.8 Å². The molecule has 34 heavy (non-hydrogen) atoms. The molecule has 0 radical (unpaired) electrons. The molecule has 0 saturated heterocycles. The van der Waals surface area contributed by atoms with Crippen LogP contribution in [0, 0.1) is 0 Å². The van der Waals surface area contributed by atoms with Crippen molar-refractivity contribution in [2.75, 3.05) is 10.6 Å². The van der Waals surface area contributed by atoms with Gasteiger partial charge in [-0.25, -0.2) is 0 Å². The van der Waals surface area contributed by atoms with Gasteiger partial charge in [0.15, 0.2) is 5.82 Å². The lowest BCUT2D eigenvalue weighted by Crippen LogP contribution is -2.19. The predicted octanol–water partition coefficient (Wildman–Crippen LogP) is 6.66. The first-order valence-corrected chi connectivity index (χ1v) is 11.2. The van der Waals surface area contributed by atoms with E-state index in [1.165, 1.54) is 36.4 Å². The SMILES string of the molecule is O=C(Nc1nc(NC(=O)c2ccc(Cl)cc2Cl)nc(-c2ccccc2)n1)c1ccc(Cl)cc1Cl. The van der Waals surface area contributed by atoms with E-state index in [-0.39, 0.29) is 38.9 Å². The molecule has 0 aliphatic carbocycles. The Morgan fingerprint density at radius 2 is 1.09 bits per heavy atom. The summed E-state index contributed by atoms with van der Waals surface area (Å²) in [7, 11) is 0.